The van der Waals surface area contributed by atoms with Crippen molar-refractivity contribution < 1.29 is 22.0 Å². The van der Waals surface area contributed by atoms with E-state index >= 15 is 0 Å². The fraction of sp³-hybridized carbons (Fsp3) is 0.190. The van der Waals surface area contributed by atoms with Crippen molar-refractivity contribution in [2.75, 3.05) is 5.32 Å². The van der Waals surface area contributed by atoms with Crippen molar-refractivity contribution in [2.24, 2.45) is 5.92 Å². The zero-order valence-electron chi connectivity index (χ0n) is 15.3. The maximum Gasteiger partial charge on any atom is 0.241 e. The molecule has 6 nitrogen and oxygen atoms in total. The molecule has 0 bridgehead atoms. The van der Waals surface area contributed by atoms with Gasteiger partial charge in [0, 0.05) is 11.6 Å². The summed E-state index contributed by atoms with van der Waals surface area (Å²) in [4.78, 5) is 12.5. The number of amides is 1. The first-order valence-electron chi connectivity index (χ1n) is 9.11. The average Bonchev–Trinajstić information content (AvgIpc) is 3.33. The smallest absolute Gasteiger partial charge is 0.241 e. The molecule has 2 aromatic carbocycles. The van der Waals surface area contributed by atoms with Crippen molar-refractivity contribution in [3.63, 3.8) is 0 Å². The zero-order valence-corrected chi connectivity index (χ0v) is 16.2. The minimum absolute atomic E-state index is 0.0261. The molecule has 1 amide bonds. The second-order valence-electron chi connectivity index (χ2n) is 6.89. The van der Waals surface area contributed by atoms with Crippen LogP contribution in [0.4, 0.5) is 10.1 Å². The van der Waals surface area contributed by atoms with Gasteiger partial charge in [0.2, 0.25) is 15.9 Å². The zero-order chi connectivity index (χ0) is 20.4. The molecule has 1 aliphatic rings. The van der Waals surface area contributed by atoms with Crippen LogP contribution in [0.2, 0.25) is 0 Å². The summed E-state index contributed by atoms with van der Waals surface area (Å²) < 4.78 is 46.4. The van der Waals surface area contributed by atoms with Gasteiger partial charge in [0.05, 0.1) is 17.7 Å². The maximum absolute atomic E-state index is 13.9. The van der Waals surface area contributed by atoms with Crippen LogP contribution in [-0.2, 0) is 21.4 Å². The normalized spacial score (nSPS) is 18.4. The largest absolute Gasteiger partial charge is 0.468 e. The van der Waals surface area contributed by atoms with E-state index in [1.165, 1.54) is 24.5 Å². The third-order valence-corrected chi connectivity index (χ3v) is 6.26. The van der Waals surface area contributed by atoms with Gasteiger partial charge in [-0.3, -0.25) is 4.79 Å². The van der Waals surface area contributed by atoms with Crippen molar-refractivity contribution in [1.82, 2.24) is 4.72 Å². The molecule has 1 fully saturated rings. The molecule has 0 saturated heterocycles. The molecule has 4 rings (SSSR count). The lowest BCUT2D eigenvalue weighted by molar-refractivity contribution is -0.117. The molecule has 0 spiro atoms. The Hall–Kier alpha value is -2.97. The first kappa shape index (κ1) is 19.4. The van der Waals surface area contributed by atoms with Gasteiger partial charge in [-0.25, -0.2) is 17.5 Å². The number of benzene rings is 2. The molecule has 1 aromatic heterocycles. The highest BCUT2D eigenvalue weighted by Gasteiger charge is 2.45. The predicted octanol–water partition coefficient (Wildman–Crippen LogP) is 3.64. The number of hydrogen-bond acceptors (Lipinski definition) is 4. The first-order chi connectivity index (χ1) is 13.9. The Morgan fingerprint density at radius 3 is 2.69 bits per heavy atom. The number of carbonyl (C=O) groups is 1. The second kappa shape index (κ2) is 7.81. The number of halogens is 1. The van der Waals surface area contributed by atoms with Gasteiger partial charge in [0.25, 0.3) is 0 Å². The van der Waals surface area contributed by atoms with Crippen LogP contribution in [-0.4, -0.2) is 14.3 Å². The van der Waals surface area contributed by atoms with E-state index in [1.807, 2.05) is 0 Å². The van der Waals surface area contributed by atoms with Crippen LogP contribution < -0.4 is 10.0 Å². The van der Waals surface area contributed by atoms with Crippen molar-refractivity contribution in [3.05, 3.63) is 84.1 Å². The average molecular weight is 414 g/mol. The van der Waals surface area contributed by atoms with Crippen LogP contribution in [0.15, 0.2) is 76.2 Å². The Labute approximate surface area is 167 Å². The number of furan rings is 1. The van der Waals surface area contributed by atoms with E-state index in [1.54, 1.807) is 42.5 Å². The van der Waals surface area contributed by atoms with Crippen molar-refractivity contribution in [3.8, 4) is 0 Å². The van der Waals surface area contributed by atoms with Crippen molar-refractivity contribution in [2.45, 2.75) is 23.8 Å². The number of nitrogens with one attached hydrogen (secondary N) is 2. The molecule has 2 atom stereocenters. The molecule has 0 aliphatic heterocycles. The summed E-state index contributed by atoms with van der Waals surface area (Å²) in [5.74, 6) is -0.562. The molecule has 1 heterocycles. The standard InChI is InChI=1S/C21H19FN2O4S/c22-20-9-2-1-8-17(20)18-12-19(18)21(25)24-14-5-3-7-16(11-14)29(26,27)23-13-15-6-4-10-28-15/h1-11,18-19,23H,12-13H2,(H,24,25). The third kappa shape index (κ3) is 4.38. The SMILES string of the molecule is O=C(Nc1cccc(S(=O)(=O)NCc2ccco2)c1)C1CC1c1ccccc1F. The molecule has 150 valence electrons. The molecule has 3 aromatic rings. The summed E-state index contributed by atoms with van der Waals surface area (Å²) in [5, 5.41) is 2.73. The van der Waals surface area contributed by atoms with Gasteiger partial charge in [0.15, 0.2) is 0 Å². The van der Waals surface area contributed by atoms with Crippen LogP contribution in [0.25, 0.3) is 0 Å². The fourth-order valence-electron chi connectivity index (χ4n) is 3.24. The van der Waals surface area contributed by atoms with Gasteiger partial charge in [-0.15, -0.1) is 0 Å². The second-order valence-corrected chi connectivity index (χ2v) is 8.66. The summed E-state index contributed by atoms with van der Waals surface area (Å²) in [6.07, 6.45) is 2.03. The predicted molar refractivity (Wildman–Crippen MR) is 105 cm³/mol. The van der Waals surface area contributed by atoms with E-state index in [9.17, 15) is 17.6 Å². The Morgan fingerprint density at radius 2 is 1.93 bits per heavy atom. The first-order valence-corrected chi connectivity index (χ1v) is 10.6. The molecule has 2 N–H and O–H groups in total. The Bertz CT molecular complexity index is 1130. The summed E-state index contributed by atoms with van der Waals surface area (Å²) in [7, 11) is -3.77. The van der Waals surface area contributed by atoms with Gasteiger partial charge in [-0.05, 0) is 54.3 Å². The van der Waals surface area contributed by atoms with Crippen LogP contribution >= 0.6 is 0 Å². The molecule has 2 unspecified atom stereocenters. The lowest BCUT2D eigenvalue weighted by Crippen LogP contribution is -2.23. The molecule has 0 radical (unpaired) electrons. The molecule has 29 heavy (non-hydrogen) atoms. The van der Waals surface area contributed by atoms with Crippen LogP contribution in [0, 0.1) is 11.7 Å². The minimum Gasteiger partial charge on any atom is -0.468 e. The topological polar surface area (TPSA) is 88.4 Å². The van der Waals surface area contributed by atoms with Crippen LogP contribution in [0.1, 0.15) is 23.7 Å². The van der Waals surface area contributed by atoms with Gasteiger partial charge < -0.3 is 9.73 Å². The number of sulfonamides is 1. The Kier molecular flexibility index (Phi) is 5.21. The van der Waals surface area contributed by atoms with E-state index in [2.05, 4.69) is 10.0 Å². The van der Waals surface area contributed by atoms with Gasteiger partial charge in [-0.1, -0.05) is 24.3 Å². The van der Waals surface area contributed by atoms with E-state index in [4.69, 9.17) is 4.42 Å². The molecular formula is C21H19FN2O4S. The summed E-state index contributed by atoms with van der Waals surface area (Å²) in [6, 6.07) is 15.8. The van der Waals surface area contributed by atoms with E-state index in [0.29, 0.717) is 23.4 Å². The van der Waals surface area contributed by atoms with Gasteiger partial charge >= 0.3 is 0 Å². The lowest BCUT2D eigenvalue weighted by atomic mass is 10.1. The number of carbonyl (C=O) groups excluding carboxylic acids is 1. The maximum atomic E-state index is 13.9. The highest BCUT2D eigenvalue weighted by molar-refractivity contribution is 7.89. The highest BCUT2D eigenvalue weighted by Crippen LogP contribution is 2.48. The Morgan fingerprint density at radius 1 is 1.10 bits per heavy atom. The monoisotopic (exact) mass is 414 g/mol. The minimum atomic E-state index is -3.77. The number of hydrogen-bond donors (Lipinski definition) is 2. The highest BCUT2D eigenvalue weighted by atomic mass is 32.2. The van der Waals surface area contributed by atoms with Crippen LogP contribution in [0.5, 0.6) is 0 Å². The van der Waals surface area contributed by atoms with Crippen LogP contribution in [0.3, 0.4) is 0 Å². The summed E-state index contributed by atoms with van der Waals surface area (Å²) >= 11 is 0. The lowest BCUT2D eigenvalue weighted by Gasteiger charge is -2.09. The fourth-order valence-corrected chi connectivity index (χ4v) is 4.28. The molecule has 8 heteroatoms. The Balaban J connectivity index is 1.41. The number of anilines is 1. The third-order valence-electron chi connectivity index (χ3n) is 4.86. The van der Waals surface area contributed by atoms with E-state index in [-0.39, 0.29) is 35.0 Å². The van der Waals surface area contributed by atoms with Gasteiger partial charge in [0.1, 0.15) is 11.6 Å². The summed E-state index contributed by atoms with van der Waals surface area (Å²) in [5.41, 5.74) is 0.904. The molecular weight excluding hydrogens is 395 g/mol. The summed E-state index contributed by atoms with van der Waals surface area (Å²) in [6.45, 7) is 0.0261. The quantitative estimate of drug-likeness (QED) is 0.618. The van der Waals surface area contributed by atoms with Gasteiger partial charge in [-0.2, -0.15) is 0 Å². The number of rotatable bonds is 7. The molecule has 1 aliphatic carbocycles. The van der Waals surface area contributed by atoms with Crippen molar-refractivity contribution in [1.29, 1.82) is 0 Å². The van der Waals surface area contributed by atoms with E-state index in [0.717, 1.165) is 0 Å². The van der Waals surface area contributed by atoms with Crippen molar-refractivity contribution >= 4 is 21.6 Å². The van der Waals surface area contributed by atoms with E-state index < -0.39 is 10.0 Å². The molecule has 1 saturated carbocycles.